The Morgan fingerprint density at radius 3 is 2.60 bits per heavy atom. The smallest absolute Gasteiger partial charge is 0.254 e. The number of ether oxygens (including phenoxy) is 1. The molecule has 0 bridgehead atoms. The molecule has 0 aromatic carbocycles. The fourth-order valence-corrected chi connectivity index (χ4v) is 4.73. The van der Waals surface area contributed by atoms with Gasteiger partial charge in [0.25, 0.3) is 11.5 Å². The zero-order valence-corrected chi connectivity index (χ0v) is 17.7. The first kappa shape index (κ1) is 20.6. The normalized spacial score (nSPS) is 25.8. The zero-order valence-electron chi connectivity index (χ0n) is 17.7. The Morgan fingerprint density at radius 2 is 1.93 bits per heavy atom. The van der Waals surface area contributed by atoms with Gasteiger partial charge in [-0.15, -0.1) is 0 Å². The Labute approximate surface area is 176 Å². The highest BCUT2D eigenvalue weighted by Gasteiger charge is 2.44. The summed E-state index contributed by atoms with van der Waals surface area (Å²) >= 11 is 0. The molecule has 2 aromatic rings. The fraction of sp³-hybridized carbons (Fsp3) is 0.522. The molecule has 2 aliphatic rings. The molecule has 3 heterocycles. The number of aliphatic hydroxyl groups is 1. The first-order valence-electron chi connectivity index (χ1n) is 10.6. The molecule has 1 N–H and O–H groups in total. The highest BCUT2D eigenvalue weighted by atomic mass is 16.5. The Morgan fingerprint density at radius 1 is 1.20 bits per heavy atom. The van der Waals surface area contributed by atoms with Crippen LogP contribution in [0.1, 0.15) is 41.5 Å². The van der Waals surface area contributed by atoms with Gasteiger partial charge in [0.2, 0.25) is 0 Å². The molecule has 4 atom stereocenters. The number of aliphatic hydroxyl groups excluding tert-OH is 1. The van der Waals surface area contributed by atoms with E-state index < -0.39 is 6.10 Å². The summed E-state index contributed by atoms with van der Waals surface area (Å²) in [6, 6.07) is 6.94. The number of hydrogen-bond acceptors (Lipinski definition) is 5. The minimum atomic E-state index is -0.574. The fourth-order valence-electron chi connectivity index (χ4n) is 4.73. The minimum Gasteiger partial charge on any atom is -0.486 e. The minimum absolute atomic E-state index is 0.115. The summed E-state index contributed by atoms with van der Waals surface area (Å²) in [5.41, 5.74) is 2.01. The van der Waals surface area contributed by atoms with Gasteiger partial charge in [0, 0.05) is 43.2 Å². The van der Waals surface area contributed by atoms with Crippen LogP contribution in [0.15, 0.2) is 35.3 Å². The molecule has 30 heavy (non-hydrogen) atoms. The van der Waals surface area contributed by atoms with E-state index in [0.29, 0.717) is 43.8 Å². The lowest BCUT2D eigenvalue weighted by molar-refractivity contribution is -0.0236. The van der Waals surface area contributed by atoms with Crippen LogP contribution < -0.4 is 10.3 Å². The number of likely N-dealkylation sites (tertiary alicyclic amines) is 1. The summed E-state index contributed by atoms with van der Waals surface area (Å²) in [7, 11) is 0. The van der Waals surface area contributed by atoms with Crippen LogP contribution in [0.3, 0.4) is 0 Å². The van der Waals surface area contributed by atoms with Crippen LogP contribution in [0.25, 0.3) is 0 Å². The Kier molecular flexibility index (Phi) is 5.64. The van der Waals surface area contributed by atoms with Gasteiger partial charge in [-0.05, 0) is 63.6 Å². The zero-order chi connectivity index (χ0) is 21.4. The van der Waals surface area contributed by atoms with Gasteiger partial charge in [-0.3, -0.25) is 14.6 Å². The molecular weight excluding hydrogens is 382 g/mol. The van der Waals surface area contributed by atoms with E-state index in [2.05, 4.69) is 4.98 Å². The van der Waals surface area contributed by atoms with Crippen molar-refractivity contribution < 1.29 is 14.6 Å². The molecule has 7 nitrogen and oxygen atoms in total. The van der Waals surface area contributed by atoms with Gasteiger partial charge in [-0.25, -0.2) is 0 Å². The molecule has 1 saturated carbocycles. The molecule has 1 amide bonds. The van der Waals surface area contributed by atoms with E-state index in [-0.39, 0.29) is 29.4 Å². The Bertz CT molecular complexity index is 1000. The Hall–Kier alpha value is -2.67. The molecule has 1 aliphatic carbocycles. The summed E-state index contributed by atoms with van der Waals surface area (Å²) < 4.78 is 7.69. The van der Waals surface area contributed by atoms with Gasteiger partial charge < -0.3 is 19.3 Å². The van der Waals surface area contributed by atoms with E-state index in [4.69, 9.17) is 4.74 Å². The predicted octanol–water partition coefficient (Wildman–Crippen LogP) is 2.17. The van der Waals surface area contributed by atoms with Crippen molar-refractivity contribution in [2.24, 2.45) is 11.8 Å². The summed E-state index contributed by atoms with van der Waals surface area (Å²) in [4.78, 5) is 31.3. The van der Waals surface area contributed by atoms with Crippen LogP contribution in [0.2, 0.25) is 0 Å². The van der Waals surface area contributed by atoms with Crippen LogP contribution in [0.4, 0.5) is 0 Å². The van der Waals surface area contributed by atoms with Gasteiger partial charge in [0.15, 0.2) is 0 Å². The number of nitrogens with zero attached hydrogens (tertiary/aromatic N) is 3. The molecule has 4 rings (SSSR count). The Balaban J connectivity index is 1.44. The quantitative estimate of drug-likeness (QED) is 0.834. The molecule has 160 valence electrons. The number of carbonyl (C=O) groups is 1. The lowest BCUT2D eigenvalue weighted by atomic mass is 9.78. The summed E-state index contributed by atoms with van der Waals surface area (Å²) in [6.45, 7) is 7.55. The molecule has 0 spiro atoms. The topological polar surface area (TPSA) is 84.7 Å². The predicted molar refractivity (Wildman–Crippen MR) is 113 cm³/mol. The molecule has 2 fully saturated rings. The average Bonchev–Trinajstić information content (AvgIpc) is 3.12. The van der Waals surface area contributed by atoms with Crippen molar-refractivity contribution in [3.05, 3.63) is 57.8 Å². The third-order valence-corrected chi connectivity index (χ3v) is 6.41. The summed E-state index contributed by atoms with van der Waals surface area (Å²) in [5.74, 6) is 1.11. The molecule has 2 aromatic heterocycles. The van der Waals surface area contributed by atoms with Crippen molar-refractivity contribution in [3.63, 3.8) is 0 Å². The van der Waals surface area contributed by atoms with E-state index in [0.717, 1.165) is 11.4 Å². The second kappa shape index (κ2) is 8.22. The maximum Gasteiger partial charge on any atom is 0.254 e. The largest absolute Gasteiger partial charge is 0.486 e. The lowest BCUT2D eigenvalue weighted by Gasteiger charge is -2.35. The maximum absolute atomic E-state index is 12.9. The van der Waals surface area contributed by atoms with Crippen LogP contribution in [0.5, 0.6) is 5.75 Å². The number of fused-ring (bicyclic) bond motifs is 1. The third kappa shape index (κ3) is 3.99. The first-order valence-corrected chi connectivity index (χ1v) is 10.6. The van der Waals surface area contributed by atoms with Crippen LogP contribution >= 0.6 is 0 Å². The number of hydrogen-bond donors (Lipinski definition) is 1. The van der Waals surface area contributed by atoms with Gasteiger partial charge in [-0.2, -0.15) is 0 Å². The molecule has 1 aliphatic heterocycles. The third-order valence-electron chi connectivity index (χ3n) is 6.41. The van der Waals surface area contributed by atoms with E-state index in [1.807, 2.05) is 37.8 Å². The van der Waals surface area contributed by atoms with Gasteiger partial charge in [0.05, 0.1) is 11.8 Å². The van der Waals surface area contributed by atoms with E-state index in [1.54, 1.807) is 16.8 Å². The average molecular weight is 412 g/mol. The number of carbonyl (C=O) groups excluding carboxylic acids is 1. The summed E-state index contributed by atoms with van der Waals surface area (Å²) in [6.07, 6.45) is 2.09. The van der Waals surface area contributed by atoms with E-state index >= 15 is 0 Å². The van der Waals surface area contributed by atoms with Crippen molar-refractivity contribution in [2.75, 3.05) is 13.1 Å². The highest BCUT2D eigenvalue weighted by Crippen LogP contribution is 2.38. The lowest BCUT2D eigenvalue weighted by Crippen LogP contribution is -2.42. The second-order valence-corrected chi connectivity index (χ2v) is 8.50. The van der Waals surface area contributed by atoms with Crippen molar-refractivity contribution in [2.45, 2.75) is 52.4 Å². The number of aryl methyl sites for hydroxylation is 3. The standard InChI is InChI=1S/C23H29N3O4/c1-4-25-8-7-16(11-22(25)28)23(29)26-12-17-9-19(27)21(10-18(17)13-26)30-20-6-5-14(2)24-15(20)3/h5-8,11,17-19,21,27H,4,9-10,12-13H2,1-3H3/t17-,18+,19+,21+/m0/s1. The van der Waals surface area contributed by atoms with Crippen molar-refractivity contribution in [3.8, 4) is 5.75 Å². The van der Waals surface area contributed by atoms with Gasteiger partial charge >= 0.3 is 0 Å². The molecule has 7 heteroatoms. The maximum atomic E-state index is 12.9. The highest BCUT2D eigenvalue weighted by molar-refractivity contribution is 5.94. The first-order chi connectivity index (χ1) is 14.4. The monoisotopic (exact) mass is 411 g/mol. The number of aromatic nitrogens is 2. The van der Waals surface area contributed by atoms with Crippen molar-refractivity contribution >= 4 is 5.91 Å². The van der Waals surface area contributed by atoms with Crippen LogP contribution in [0, 0.1) is 25.7 Å². The SMILES string of the molecule is CCn1ccc(C(=O)N2C[C@H]3C[C@@H](Oc4ccc(C)nc4C)[C@H](O)C[C@H]3C2)cc1=O. The second-order valence-electron chi connectivity index (χ2n) is 8.50. The molecule has 0 radical (unpaired) electrons. The number of amides is 1. The van der Waals surface area contributed by atoms with Crippen LogP contribution in [-0.2, 0) is 6.54 Å². The van der Waals surface area contributed by atoms with Crippen molar-refractivity contribution in [1.29, 1.82) is 0 Å². The molecule has 1 saturated heterocycles. The van der Waals surface area contributed by atoms with Gasteiger partial charge in [0.1, 0.15) is 11.9 Å². The van der Waals surface area contributed by atoms with E-state index in [1.165, 1.54) is 6.07 Å². The molecular formula is C23H29N3O4. The number of pyridine rings is 2. The number of rotatable bonds is 4. The molecule has 0 unspecified atom stereocenters. The summed E-state index contributed by atoms with van der Waals surface area (Å²) in [5, 5.41) is 10.7. The van der Waals surface area contributed by atoms with Crippen LogP contribution in [-0.4, -0.2) is 50.8 Å². The van der Waals surface area contributed by atoms with E-state index in [9.17, 15) is 14.7 Å². The van der Waals surface area contributed by atoms with Gasteiger partial charge in [-0.1, -0.05) is 0 Å². The van der Waals surface area contributed by atoms with Crippen molar-refractivity contribution in [1.82, 2.24) is 14.5 Å².